The van der Waals surface area contributed by atoms with E-state index >= 15 is 0 Å². The molecule has 14 heteroatoms. The first-order valence-corrected chi connectivity index (χ1v) is 15.1. The number of nitrogens with zero attached hydrogens (tertiary/aromatic N) is 3. The smallest absolute Gasteiger partial charge is 0.417 e. The molecule has 1 amide bonds. The molecule has 2 saturated heterocycles. The fourth-order valence-electron chi connectivity index (χ4n) is 5.55. The number of alkyl halides is 3. The Bertz CT molecular complexity index is 1460. The molecular formula is C30H28F3N3O7S. The molecule has 10 nitrogen and oxygen atoms in total. The summed E-state index contributed by atoms with van der Waals surface area (Å²) < 4.78 is 63.7. The molecule has 0 unspecified atom stereocenters. The van der Waals surface area contributed by atoms with Crippen LogP contribution < -0.4 is 4.74 Å². The first-order valence-electron chi connectivity index (χ1n) is 13.7. The molecule has 3 aliphatic heterocycles. The van der Waals surface area contributed by atoms with Gasteiger partial charge in [-0.2, -0.15) is 18.4 Å². The molecule has 0 radical (unpaired) electrons. The second-order valence-corrected chi connectivity index (χ2v) is 11.3. The number of nitriles is 1. The fraction of sp³-hybridized carbons (Fsp3) is 0.400. The van der Waals surface area contributed by atoms with E-state index in [0.29, 0.717) is 42.9 Å². The molecule has 2 aromatic carbocycles. The van der Waals surface area contributed by atoms with E-state index in [1.807, 2.05) is 11.0 Å². The van der Waals surface area contributed by atoms with Crippen LogP contribution in [0.5, 0.6) is 5.75 Å². The lowest BCUT2D eigenvalue weighted by atomic mass is 9.86. The second kappa shape index (κ2) is 12.4. The maximum absolute atomic E-state index is 13.5. The van der Waals surface area contributed by atoms with Gasteiger partial charge in [0, 0.05) is 51.0 Å². The zero-order valence-electron chi connectivity index (χ0n) is 23.5. The Morgan fingerprint density at radius 3 is 2.27 bits per heavy atom. The normalized spacial score (nSPS) is 20.1. The summed E-state index contributed by atoms with van der Waals surface area (Å²) in [4.78, 5) is 41.0. The van der Waals surface area contributed by atoms with Gasteiger partial charge in [0.15, 0.2) is 0 Å². The van der Waals surface area contributed by atoms with Gasteiger partial charge >= 0.3 is 30.1 Å². The van der Waals surface area contributed by atoms with Gasteiger partial charge in [-0.25, -0.2) is 19.3 Å². The van der Waals surface area contributed by atoms with Crippen LogP contribution in [0.1, 0.15) is 42.1 Å². The van der Waals surface area contributed by atoms with E-state index in [4.69, 9.17) is 24.2 Å². The number of piperidine rings is 1. The lowest BCUT2D eigenvalue weighted by Gasteiger charge is -2.46. The van der Waals surface area contributed by atoms with E-state index in [1.54, 1.807) is 36.6 Å². The Balaban J connectivity index is 1.34. The number of halogens is 3. The second-order valence-electron chi connectivity index (χ2n) is 10.5. The van der Waals surface area contributed by atoms with Crippen LogP contribution >= 0.6 is 11.8 Å². The number of amides is 1. The van der Waals surface area contributed by atoms with Crippen molar-refractivity contribution >= 4 is 29.8 Å². The van der Waals surface area contributed by atoms with E-state index in [9.17, 15) is 27.6 Å². The van der Waals surface area contributed by atoms with Crippen molar-refractivity contribution in [1.82, 2.24) is 9.80 Å². The number of carbonyl (C=O) groups is 3. The molecule has 0 N–H and O–H groups in total. The van der Waals surface area contributed by atoms with Gasteiger partial charge in [0.1, 0.15) is 11.9 Å². The molecule has 0 bridgehead atoms. The SMILES string of the molecule is CSCN1C(=O)OC2(CCN(CC[C@H](Oc3ccc(C#N)cc3)c3cccc(C(F)(F)F)c3)CC2)C12OC(=O)C=CC(=O)O2. The molecule has 0 aromatic heterocycles. The highest BCUT2D eigenvalue weighted by Crippen LogP contribution is 2.49. The molecule has 3 aliphatic rings. The zero-order valence-corrected chi connectivity index (χ0v) is 24.4. The van der Waals surface area contributed by atoms with Gasteiger partial charge in [-0.3, -0.25) is 0 Å². The number of esters is 2. The van der Waals surface area contributed by atoms with E-state index in [0.717, 1.165) is 29.2 Å². The van der Waals surface area contributed by atoms with Crippen molar-refractivity contribution in [3.8, 4) is 11.8 Å². The monoisotopic (exact) mass is 631 g/mol. The number of carbonyl (C=O) groups excluding carboxylic acids is 3. The minimum Gasteiger partial charge on any atom is -0.486 e. The first-order chi connectivity index (χ1) is 21.0. The van der Waals surface area contributed by atoms with Crippen molar-refractivity contribution in [3.63, 3.8) is 0 Å². The summed E-state index contributed by atoms with van der Waals surface area (Å²) in [7, 11) is 0. The Kier molecular flexibility index (Phi) is 8.80. The maximum Gasteiger partial charge on any atom is 0.417 e. The summed E-state index contributed by atoms with van der Waals surface area (Å²) in [5, 5.41) is 9.09. The average molecular weight is 632 g/mol. The van der Waals surface area contributed by atoms with Gasteiger partial charge < -0.3 is 23.8 Å². The molecule has 0 saturated carbocycles. The minimum absolute atomic E-state index is 0.0379. The zero-order chi connectivity index (χ0) is 31.5. The lowest BCUT2D eigenvalue weighted by Crippen LogP contribution is -2.65. The lowest BCUT2D eigenvalue weighted by molar-refractivity contribution is -0.310. The molecule has 2 aromatic rings. The predicted octanol–water partition coefficient (Wildman–Crippen LogP) is 5.00. The van der Waals surface area contributed by atoms with Crippen LogP contribution in [0, 0.1) is 11.3 Å². The van der Waals surface area contributed by atoms with E-state index in [1.165, 1.54) is 17.8 Å². The van der Waals surface area contributed by atoms with Crippen molar-refractivity contribution in [2.75, 3.05) is 31.8 Å². The summed E-state index contributed by atoms with van der Waals surface area (Å²) in [5.41, 5.74) is -1.52. The van der Waals surface area contributed by atoms with E-state index < -0.39 is 47.4 Å². The van der Waals surface area contributed by atoms with Crippen molar-refractivity contribution in [2.45, 2.75) is 43.1 Å². The van der Waals surface area contributed by atoms with Crippen LogP contribution in [-0.4, -0.2) is 71.1 Å². The molecule has 1 atom stereocenters. The van der Waals surface area contributed by atoms with Gasteiger partial charge in [-0.05, 0) is 48.2 Å². The van der Waals surface area contributed by atoms with Crippen LogP contribution in [0.15, 0.2) is 60.7 Å². The number of rotatable bonds is 8. The van der Waals surface area contributed by atoms with Crippen LogP contribution in [0.3, 0.4) is 0 Å². The third-order valence-electron chi connectivity index (χ3n) is 7.74. The predicted molar refractivity (Wildman–Crippen MR) is 150 cm³/mol. The third-order valence-corrected chi connectivity index (χ3v) is 8.26. The Hall–Kier alpha value is -4.22. The van der Waals surface area contributed by atoms with Gasteiger partial charge in [0.25, 0.3) is 0 Å². The molecule has 44 heavy (non-hydrogen) atoms. The summed E-state index contributed by atoms with van der Waals surface area (Å²) >= 11 is 1.25. The molecule has 2 fully saturated rings. The number of benzene rings is 2. The van der Waals surface area contributed by atoms with Crippen molar-refractivity contribution in [3.05, 3.63) is 77.4 Å². The maximum atomic E-state index is 13.5. The van der Waals surface area contributed by atoms with Crippen molar-refractivity contribution in [2.24, 2.45) is 0 Å². The molecule has 5 rings (SSSR count). The minimum atomic E-state index is -4.53. The number of hydrogen-bond acceptors (Lipinski definition) is 10. The van der Waals surface area contributed by atoms with Gasteiger partial charge in [-0.15, -0.1) is 11.8 Å². The van der Waals surface area contributed by atoms with Crippen LogP contribution in [0.25, 0.3) is 0 Å². The highest BCUT2D eigenvalue weighted by atomic mass is 32.2. The molecule has 2 spiro atoms. The summed E-state index contributed by atoms with van der Waals surface area (Å²) in [6.07, 6.45) is -1.89. The summed E-state index contributed by atoms with van der Waals surface area (Å²) in [5.74, 6) is -3.37. The first kappa shape index (κ1) is 31.2. The van der Waals surface area contributed by atoms with E-state index in [-0.39, 0.29) is 18.7 Å². The van der Waals surface area contributed by atoms with Gasteiger partial charge in [0.05, 0.1) is 23.1 Å². The van der Waals surface area contributed by atoms with E-state index in [2.05, 4.69) is 0 Å². The fourth-order valence-corrected chi connectivity index (χ4v) is 6.08. The van der Waals surface area contributed by atoms with Crippen molar-refractivity contribution < 1.29 is 46.5 Å². The van der Waals surface area contributed by atoms with Crippen LogP contribution in [-0.2, 0) is 30.0 Å². The number of hydrogen-bond donors (Lipinski definition) is 0. The molecule has 3 heterocycles. The Morgan fingerprint density at radius 2 is 1.68 bits per heavy atom. The number of thioether (sulfide) groups is 1. The summed E-state index contributed by atoms with van der Waals surface area (Å²) in [6.45, 7) is 1.05. The van der Waals surface area contributed by atoms with Gasteiger partial charge in [0.2, 0.25) is 5.60 Å². The van der Waals surface area contributed by atoms with Crippen LogP contribution in [0.4, 0.5) is 18.0 Å². The topological polar surface area (TPSA) is 118 Å². The molecule has 0 aliphatic carbocycles. The number of ether oxygens (including phenoxy) is 4. The van der Waals surface area contributed by atoms with Crippen molar-refractivity contribution in [1.29, 1.82) is 5.26 Å². The quantitative estimate of drug-likeness (QED) is 0.368. The number of likely N-dealkylation sites (tertiary alicyclic amines) is 1. The Labute approximate surface area is 255 Å². The Morgan fingerprint density at radius 1 is 1.02 bits per heavy atom. The summed E-state index contributed by atoms with van der Waals surface area (Å²) in [6, 6.07) is 13.3. The highest BCUT2D eigenvalue weighted by molar-refractivity contribution is 7.98. The third kappa shape index (κ3) is 6.20. The molecule has 232 valence electrons. The largest absolute Gasteiger partial charge is 0.486 e. The average Bonchev–Trinajstić information content (AvgIpc) is 3.09. The van der Waals surface area contributed by atoms with Gasteiger partial charge in [-0.1, -0.05) is 12.1 Å². The van der Waals surface area contributed by atoms with Crippen LogP contribution in [0.2, 0.25) is 0 Å². The standard InChI is InChI=1S/C30H28F3N3O7S/c1-44-19-36-27(39)43-28(30(36)41-25(37)9-10-26(38)42-30)12-15-35(16-13-28)14-11-24(40-23-7-5-20(18-34)6-8-23)21-3-2-4-22(17-21)29(31,32)33/h2-10,17,24H,11-16,19H2,1H3/t24-/m0/s1. The molecular weight excluding hydrogens is 603 g/mol. The highest BCUT2D eigenvalue weighted by Gasteiger charge is 2.72. The number of fused-ring (bicyclic) bond motifs is 1.